The number of ether oxygens (including phenoxy) is 1. The molecule has 0 unspecified atom stereocenters. The van der Waals surface area contributed by atoms with Gasteiger partial charge in [-0.15, -0.1) is 0 Å². The number of halogens is 1. The molecule has 8 heteroatoms. The number of nitrogens with one attached hydrogen (secondary N) is 1. The number of carboxylic acids is 1. The molecule has 2 heterocycles. The summed E-state index contributed by atoms with van der Waals surface area (Å²) >= 11 is 0. The van der Waals surface area contributed by atoms with E-state index in [0.717, 1.165) is 0 Å². The van der Waals surface area contributed by atoms with Gasteiger partial charge in [0.15, 0.2) is 0 Å². The van der Waals surface area contributed by atoms with Crippen LogP contribution in [0.4, 0.5) is 10.1 Å². The number of anilines is 1. The Morgan fingerprint density at radius 1 is 1.23 bits per heavy atom. The predicted octanol–water partition coefficient (Wildman–Crippen LogP) is 3.27. The number of benzene rings is 2. The van der Waals surface area contributed by atoms with E-state index in [1.165, 1.54) is 24.3 Å². The van der Waals surface area contributed by atoms with Gasteiger partial charge in [-0.25, -0.2) is 9.18 Å². The van der Waals surface area contributed by atoms with Crippen molar-refractivity contribution in [3.63, 3.8) is 0 Å². The Morgan fingerprint density at radius 3 is 2.74 bits per heavy atom. The average Bonchev–Trinajstić information content (AvgIpc) is 2.75. The normalized spacial score (nSPS) is 17.4. The predicted molar refractivity (Wildman–Crippen MR) is 112 cm³/mol. The number of hydrogen-bond donors (Lipinski definition) is 3. The first-order valence-corrected chi connectivity index (χ1v) is 9.62. The number of amides is 1. The summed E-state index contributed by atoms with van der Waals surface area (Å²) in [5.41, 5.74) is 6.21. The summed E-state index contributed by atoms with van der Waals surface area (Å²) in [4.78, 5) is 28.9. The highest BCUT2D eigenvalue weighted by Gasteiger charge is 2.43. The second-order valence-corrected chi connectivity index (χ2v) is 7.38. The second kappa shape index (κ2) is 7.71. The van der Waals surface area contributed by atoms with Crippen LogP contribution >= 0.6 is 0 Å². The van der Waals surface area contributed by atoms with Crippen LogP contribution in [0.1, 0.15) is 44.0 Å². The molecule has 31 heavy (non-hydrogen) atoms. The number of rotatable bonds is 4. The van der Waals surface area contributed by atoms with E-state index in [2.05, 4.69) is 10.3 Å². The zero-order chi connectivity index (χ0) is 22.2. The Bertz CT molecular complexity index is 1200. The molecule has 1 aliphatic heterocycles. The van der Waals surface area contributed by atoms with Gasteiger partial charge in [0.2, 0.25) is 0 Å². The van der Waals surface area contributed by atoms with Crippen molar-refractivity contribution in [2.24, 2.45) is 0 Å². The Balaban J connectivity index is 1.82. The molecule has 1 aliphatic rings. The van der Waals surface area contributed by atoms with Crippen molar-refractivity contribution in [2.45, 2.75) is 18.9 Å². The topological polar surface area (TPSA) is 115 Å². The molecule has 1 atom stereocenters. The van der Waals surface area contributed by atoms with Crippen LogP contribution < -0.4 is 15.8 Å². The third kappa shape index (κ3) is 3.56. The van der Waals surface area contributed by atoms with Crippen LogP contribution in [0.5, 0.6) is 5.75 Å². The van der Waals surface area contributed by atoms with Gasteiger partial charge in [-0.1, -0.05) is 12.1 Å². The molecule has 0 radical (unpaired) electrons. The lowest BCUT2D eigenvalue weighted by Crippen LogP contribution is -2.50. The molecule has 158 valence electrons. The molecule has 4 N–H and O–H groups in total. The van der Waals surface area contributed by atoms with Crippen LogP contribution in [-0.4, -0.2) is 28.6 Å². The second-order valence-electron chi connectivity index (χ2n) is 7.38. The largest absolute Gasteiger partial charge is 0.491 e. The lowest BCUT2D eigenvalue weighted by molar-refractivity contribution is 0.0697. The number of nitrogen functional groups attached to an aromatic ring is 1. The molecule has 0 saturated heterocycles. The smallest absolute Gasteiger partial charge is 0.337 e. The van der Waals surface area contributed by atoms with Crippen LogP contribution in [0.3, 0.4) is 0 Å². The van der Waals surface area contributed by atoms with E-state index in [4.69, 9.17) is 15.6 Å². The maximum atomic E-state index is 14.5. The van der Waals surface area contributed by atoms with E-state index < -0.39 is 23.2 Å². The van der Waals surface area contributed by atoms with E-state index in [-0.39, 0.29) is 23.4 Å². The number of hydrogen-bond acceptors (Lipinski definition) is 5. The van der Waals surface area contributed by atoms with Crippen LogP contribution in [-0.2, 0) is 5.54 Å². The maximum Gasteiger partial charge on any atom is 0.337 e. The van der Waals surface area contributed by atoms with Crippen molar-refractivity contribution in [1.82, 2.24) is 10.3 Å². The number of aryl methyl sites for hydroxylation is 1. The highest BCUT2D eigenvalue weighted by Crippen LogP contribution is 2.41. The third-order valence-electron chi connectivity index (χ3n) is 5.45. The molecule has 0 spiro atoms. The highest BCUT2D eigenvalue weighted by molar-refractivity contribution is 6.00. The lowest BCUT2D eigenvalue weighted by Gasteiger charge is -2.39. The molecule has 0 aliphatic carbocycles. The summed E-state index contributed by atoms with van der Waals surface area (Å²) in [5.74, 6) is -1.58. The van der Waals surface area contributed by atoms with Crippen LogP contribution in [0.2, 0.25) is 0 Å². The van der Waals surface area contributed by atoms with E-state index in [0.29, 0.717) is 29.0 Å². The van der Waals surface area contributed by atoms with Crippen molar-refractivity contribution in [1.29, 1.82) is 0 Å². The fourth-order valence-corrected chi connectivity index (χ4v) is 3.76. The van der Waals surface area contributed by atoms with E-state index >= 15 is 0 Å². The summed E-state index contributed by atoms with van der Waals surface area (Å²) in [6.07, 6.45) is 1.91. The number of aromatic carboxylic acids is 1. The van der Waals surface area contributed by atoms with E-state index in [9.17, 15) is 14.0 Å². The van der Waals surface area contributed by atoms with Gasteiger partial charge in [0.05, 0.1) is 12.2 Å². The Hall–Kier alpha value is -3.94. The molecular weight excluding hydrogens is 401 g/mol. The summed E-state index contributed by atoms with van der Waals surface area (Å²) in [7, 11) is 0. The van der Waals surface area contributed by atoms with Gasteiger partial charge >= 0.3 is 5.97 Å². The van der Waals surface area contributed by atoms with Gasteiger partial charge in [0.1, 0.15) is 22.8 Å². The van der Waals surface area contributed by atoms with Crippen LogP contribution in [0, 0.1) is 12.7 Å². The Kier molecular flexibility index (Phi) is 5.06. The maximum absolute atomic E-state index is 14.5. The summed E-state index contributed by atoms with van der Waals surface area (Å²) in [6.45, 7) is 1.95. The quantitative estimate of drug-likeness (QED) is 0.557. The number of nitrogens with two attached hydrogens (primary N) is 1. The molecule has 3 aromatic rings. The molecule has 1 aromatic heterocycles. The molecule has 0 bridgehead atoms. The minimum absolute atomic E-state index is 0.0268. The van der Waals surface area contributed by atoms with Gasteiger partial charge in [-0.3, -0.25) is 9.78 Å². The van der Waals surface area contributed by atoms with Crippen molar-refractivity contribution in [2.75, 3.05) is 12.3 Å². The van der Waals surface area contributed by atoms with E-state index in [1.807, 2.05) is 0 Å². The fourth-order valence-electron chi connectivity index (χ4n) is 3.76. The van der Waals surface area contributed by atoms with Gasteiger partial charge in [-0.05, 0) is 54.4 Å². The van der Waals surface area contributed by atoms with Gasteiger partial charge in [0, 0.05) is 23.9 Å². The number of carboxylic acid groups (broad SMARTS) is 1. The van der Waals surface area contributed by atoms with E-state index in [1.54, 1.807) is 37.4 Å². The van der Waals surface area contributed by atoms with Gasteiger partial charge in [-0.2, -0.15) is 0 Å². The molecular formula is C23H20FN3O4. The fraction of sp³-hybridized carbons (Fsp3) is 0.174. The Labute approximate surface area is 177 Å². The molecule has 7 nitrogen and oxygen atoms in total. The minimum atomic E-state index is -1.18. The van der Waals surface area contributed by atoms with Crippen LogP contribution in [0.25, 0.3) is 0 Å². The molecule has 1 amide bonds. The number of pyridine rings is 1. The summed E-state index contributed by atoms with van der Waals surface area (Å²) < 4.78 is 20.2. The zero-order valence-corrected chi connectivity index (χ0v) is 16.7. The standard InChI is InChI=1S/C23H20FN3O4/c1-13-4-6-15(12-17(13)24)23(8-10-31-19-3-2-9-26-20(19)23)27-21(28)14-5-7-16(22(29)30)18(25)11-14/h2-7,9,11-12H,8,10,25H2,1H3,(H,27,28)(H,29,30)/t23-/m0/s1. The highest BCUT2D eigenvalue weighted by atomic mass is 19.1. The van der Waals surface area contributed by atoms with Crippen molar-refractivity contribution >= 4 is 17.6 Å². The van der Waals surface area contributed by atoms with Crippen molar-refractivity contribution in [3.05, 3.63) is 88.5 Å². The monoisotopic (exact) mass is 421 g/mol. The molecule has 0 saturated carbocycles. The number of carbonyl (C=O) groups is 2. The molecule has 4 rings (SSSR count). The first-order chi connectivity index (χ1) is 14.8. The van der Waals surface area contributed by atoms with Gasteiger partial charge in [0.25, 0.3) is 5.91 Å². The minimum Gasteiger partial charge on any atom is -0.491 e. The first-order valence-electron chi connectivity index (χ1n) is 9.62. The van der Waals surface area contributed by atoms with Gasteiger partial charge < -0.3 is 20.9 Å². The number of aromatic nitrogens is 1. The number of nitrogens with zero attached hydrogens (tertiary/aromatic N) is 1. The molecule has 0 fully saturated rings. The Morgan fingerprint density at radius 2 is 2.03 bits per heavy atom. The molecule has 2 aromatic carbocycles. The zero-order valence-electron chi connectivity index (χ0n) is 16.7. The third-order valence-corrected chi connectivity index (χ3v) is 5.45. The number of carbonyl (C=O) groups excluding carboxylic acids is 1. The van der Waals surface area contributed by atoms with Crippen molar-refractivity contribution < 1.29 is 23.8 Å². The average molecular weight is 421 g/mol. The van der Waals surface area contributed by atoms with Crippen molar-refractivity contribution in [3.8, 4) is 5.75 Å². The van der Waals surface area contributed by atoms with Crippen LogP contribution in [0.15, 0.2) is 54.7 Å². The number of fused-ring (bicyclic) bond motifs is 1. The first kappa shape index (κ1) is 20.3. The summed E-state index contributed by atoms with van der Waals surface area (Å²) in [5, 5.41) is 12.2. The lowest BCUT2D eigenvalue weighted by atomic mass is 9.80. The SMILES string of the molecule is Cc1ccc([C@@]2(NC(=O)c3ccc(C(=O)O)c(N)c3)CCOc3cccnc32)cc1F. The summed E-state index contributed by atoms with van der Waals surface area (Å²) in [6, 6.07) is 12.2.